The highest BCUT2D eigenvalue weighted by Crippen LogP contribution is 2.31. The van der Waals surface area contributed by atoms with Crippen LogP contribution in [0.15, 0.2) is 22.8 Å². The minimum absolute atomic E-state index is 0.0105. The molecule has 0 saturated carbocycles. The zero-order chi connectivity index (χ0) is 17.6. The summed E-state index contributed by atoms with van der Waals surface area (Å²) in [6.45, 7) is 3.94. The first-order chi connectivity index (χ1) is 12.0. The van der Waals surface area contributed by atoms with Crippen LogP contribution in [0.5, 0.6) is 0 Å². The smallest absolute Gasteiger partial charge is 0.269 e. The van der Waals surface area contributed by atoms with Crippen molar-refractivity contribution in [2.45, 2.75) is 39.2 Å². The van der Waals surface area contributed by atoms with Gasteiger partial charge in [-0.3, -0.25) is 14.6 Å². The Hall–Kier alpha value is -2.83. The zero-order valence-corrected chi connectivity index (χ0v) is 14.6. The number of fused-ring (bicyclic) bond motifs is 1. The number of amides is 1. The lowest BCUT2D eigenvalue weighted by atomic mass is 9.93. The average molecular weight is 339 g/mol. The number of nitrogens with one attached hydrogen (secondary N) is 2. The average Bonchev–Trinajstić information content (AvgIpc) is 3.28. The molecule has 0 spiro atoms. The summed E-state index contributed by atoms with van der Waals surface area (Å²) >= 11 is 0. The lowest BCUT2D eigenvalue weighted by Gasteiger charge is -2.22. The molecule has 4 rings (SSSR count). The van der Waals surface area contributed by atoms with Gasteiger partial charge in [-0.2, -0.15) is 10.2 Å². The number of rotatable bonds is 3. The third-order valence-electron chi connectivity index (χ3n) is 4.94. The topological polar surface area (TPSA) is 88.7 Å². The first-order valence-electron chi connectivity index (χ1n) is 8.47. The minimum Gasteiger partial charge on any atom is -0.469 e. The van der Waals surface area contributed by atoms with Gasteiger partial charge in [0.2, 0.25) is 0 Å². The predicted octanol–water partition coefficient (Wildman–Crippen LogP) is 2.83. The number of carbonyl (C=O) groups is 1. The fourth-order valence-corrected chi connectivity index (χ4v) is 3.58. The van der Waals surface area contributed by atoms with Gasteiger partial charge in [0.25, 0.3) is 5.91 Å². The van der Waals surface area contributed by atoms with Gasteiger partial charge in [0.15, 0.2) is 0 Å². The van der Waals surface area contributed by atoms with Gasteiger partial charge in [-0.1, -0.05) is 0 Å². The maximum atomic E-state index is 12.6. The second-order valence-corrected chi connectivity index (χ2v) is 6.55. The van der Waals surface area contributed by atoms with Gasteiger partial charge >= 0.3 is 0 Å². The van der Waals surface area contributed by atoms with Crippen molar-refractivity contribution in [3.05, 3.63) is 46.8 Å². The SMILES string of the molecule is Cc1nn(C)c(C)c1-c1cc(C(=O)N[C@H]2CCCc3occc32)[nH]n1. The molecule has 130 valence electrons. The van der Waals surface area contributed by atoms with Crippen LogP contribution in [0.25, 0.3) is 11.3 Å². The van der Waals surface area contributed by atoms with Crippen LogP contribution < -0.4 is 5.32 Å². The molecule has 1 amide bonds. The Bertz CT molecular complexity index is 933. The van der Waals surface area contributed by atoms with Crippen LogP contribution in [0.1, 0.15) is 52.1 Å². The summed E-state index contributed by atoms with van der Waals surface area (Å²) in [6, 6.07) is 3.72. The third kappa shape index (κ3) is 2.65. The summed E-state index contributed by atoms with van der Waals surface area (Å²) in [5.41, 5.74) is 5.15. The van der Waals surface area contributed by atoms with Gasteiger partial charge in [0.1, 0.15) is 11.5 Å². The highest BCUT2D eigenvalue weighted by molar-refractivity contribution is 5.93. The van der Waals surface area contributed by atoms with Crippen LogP contribution in [0.2, 0.25) is 0 Å². The van der Waals surface area contributed by atoms with E-state index in [-0.39, 0.29) is 11.9 Å². The van der Waals surface area contributed by atoms with Gasteiger partial charge < -0.3 is 9.73 Å². The van der Waals surface area contributed by atoms with Crippen molar-refractivity contribution < 1.29 is 9.21 Å². The Morgan fingerprint density at radius 2 is 2.28 bits per heavy atom. The van der Waals surface area contributed by atoms with E-state index in [1.807, 2.05) is 31.6 Å². The number of hydrogen-bond donors (Lipinski definition) is 2. The van der Waals surface area contributed by atoms with Gasteiger partial charge in [-0.25, -0.2) is 0 Å². The van der Waals surface area contributed by atoms with E-state index < -0.39 is 0 Å². The molecule has 1 atom stereocenters. The van der Waals surface area contributed by atoms with E-state index in [2.05, 4.69) is 20.6 Å². The maximum absolute atomic E-state index is 12.6. The molecule has 0 aromatic carbocycles. The van der Waals surface area contributed by atoms with Crippen LogP contribution in [-0.2, 0) is 13.5 Å². The van der Waals surface area contributed by atoms with Gasteiger partial charge in [0, 0.05) is 30.3 Å². The maximum Gasteiger partial charge on any atom is 0.269 e. The lowest BCUT2D eigenvalue weighted by molar-refractivity contribution is 0.0927. The van der Waals surface area contributed by atoms with Crippen LogP contribution in [0, 0.1) is 13.8 Å². The van der Waals surface area contributed by atoms with Gasteiger partial charge in [0.05, 0.1) is 23.7 Å². The van der Waals surface area contributed by atoms with Gasteiger partial charge in [-0.15, -0.1) is 0 Å². The first-order valence-corrected chi connectivity index (χ1v) is 8.47. The first kappa shape index (κ1) is 15.7. The molecule has 1 aliphatic carbocycles. The number of aromatic nitrogens is 4. The largest absolute Gasteiger partial charge is 0.469 e. The number of aromatic amines is 1. The Kier molecular flexibility index (Phi) is 3.71. The molecule has 0 radical (unpaired) electrons. The zero-order valence-electron chi connectivity index (χ0n) is 14.6. The van der Waals surface area contributed by atoms with E-state index in [1.165, 1.54) is 0 Å². The molecule has 2 N–H and O–H groups in total. The number of hydrogen-bond acceptors (Lipinski definition) is 4. The van der Waals surface area contributed by atoms with Crippen LogP contribution in [0.3, 0.4) is 0 Å². The lowest BCUT2D eigenvalue weighted by Crippen LogP contribution is -2.30. The summed E-state index contributed by atoms with van der Waals surface area (Å²) in [5, 5.41) is 14.7. The third-order valence-corrected chi connectivity index (χ3v) is 4.94. The summed E-state index contributed by atoms with van der Waals surface area (Å²) in [4.78, 5) is 12.6. The van der Waals surface area contributed by atoms with E-state index in [9.17, 15) is 4.79 Å². The molecule has 7 nitrogen and oxygen atoms in total. The van der Waals surface area contributed by atoms with E-state index >= 15 is 0 Å². The highest BCUT2D eigenvalue weighted by Gasteiger charge is 2.25. The van der Waals surface area contributed by atoms with Crippen LogP contribution in [-0.4, -0.2) is 25.9 Å². The van der Waals surface area contributed by atoms with Crippen molar-refractivity contribution >= 4 is 5.91 Å². The number of nitrogens with zero attached hydrogens (tertiary/aromatic N) is 3. The number of carbonyl (C=O) groups excluding carboxylic acids is 1. The van der Waals surface area contributed by atoms with Crippen molar-refractivity contribution in [1.29, 1.82) is 0 Å². The molecule has 0 unspecified atom stereocenters. The molecule has 0 bridgehead atoms. The Balaban J connectivity index is 1.56. The molecule has 3 aromatic rings. The molecule has 0 aliphatic heterocycles. The summed E-state index contributed by atoms with van der Waals surface area (Å²) in [6.07, 6.45) is 4.55. The second-order valence-electron chi connectivity index (χ2n) is 6.55. The van der Waals surface area contributed by atoms with E-state index in [4.69, 9.17) is 4.42 Å². The minimum atomic E-state index is -0.156. The highest BCUT2D eigenvalue weighted by atomic mass is 16.3. The standard InChI is InChI=1S/C18H21N5O2/c1-10-17(11(2)23(3)22-10)14-9-15(21-20-14)18(24)19-13-5-4-6-16-12(13)7-8-25-16/h7-9,13H,4-6H2,1-3H3,(H,19,24)(H,20,21)/t13-/m0/s1. The van der Waals surface area contributed by atoms with Crippen molar-refractivity contribution in [3.63, 3.8) is 0 Å². The molecule has 3 heterocycles. The van der Waals surface area contributed by atoms with Crippen molar-refractivity contribution in [2.75, 3.05) is 0 Å². The van der Waals surface area contributed by atoms with E-state index in [0.717, 1.165) is 53.2 Å². The number of H-pyrrole nitrogens is 1. The molecule has 25 heavy (non-hydrogen) atoms. The summed E-state index contributed by atoms with van der Waals surface area (Å²) < 4.78 is 7.30. The van der Waals surface area contributed by atoms with Crippen LogP contribution >= 0.6 is 0 Å². The number of aryl methyl sites for hydroxylation is 3. The Morgan fingerprint density at radius 1 is 1.44 bits per heavy atom. The second kappa shape index (κ2) is 5.91. The van der Waals surface area contributed by atoms with Crippen molar-refractivity contribution in [3.8, 4) is 11.3 Å². The molecule has 1 aliphatic rings. The quantitative estimate of drug-likeness (QED) is 0.768. The molecule has 0 saturated heterocycles. The Labute approximate surface area is 145 Å². The summed E-state index contributed by atoms with van der Waals surface area (Å²) in [5.74, 6) is 0.820. The number of furan rings is 1. The van der Waals surface area contributed by atoms with Gasteiger partial charge in [-0.05, 0) is 38.8 Å². The van der Waals surface area contributed by atoms with E-state index in [0.29, 0.717) is 5.69 Å². The molecular weight excluding hydrogens is 318 g/mol. The summed E-state index contributed by atoms with van der Waals surface area (Å²) in [7, 11) is 1.90. The normalized spacial score (nSPS) is 16.7. The fourth-order valence-electron chi connectivity index (χ4n) is 3.58. The molecular formula is C18H21N5O2. The Morgan fingerprint density at radius 3 is 3.04 bits per heavy atom. The van der Waals surface area contributed by atoms with Crippen molar-refractivity contribution in [2.24, 2.45) is 7.05 Å². The molecule has 3 aromatic heterocycles. The molecule has 7 heteroatoms. The monoisotopic (exact) mass is 339 g/mol. The predicted molar refractivity (Wildman–Crippen MR) is 92.1 cm³/mol. The molecule has 0 fully saturated rings. The van der Waals surface area contributed by atoms with Crippen LogP contribution in [0.4, 0.5) is 0 Å². The van der Waals surface area contributed by atoms with E-state index in [1.54, 1.807) is 12.3 Å². The fraction of sp³-hybridized carbons (Fsp3) is 0.389. The van der Waals surface area contributed by atoms with Crippen molar-refractivity contribution in [1.82, 2.24) is 25.3 Å².